The summed E-state index contributed by atoms with van der Waals surface area (Å²) >= 11 is 0. The van der Waals surface area contributed by atoms with E-state index in [0.717, 1.165) is 41.6 Å². The van der Waals surface area contributed by atoms with Crippen molar-refractivity contribution in [3.8, 4) is 5.75 Å². The molecule has 0 amide bonds. The Morgan fingerprint density at radius 2 is 1.96 bits per heavy atom. The summed E-state index contributed by atoms with van der Waals surface area (Å²) in [5, 5.41) is 3.50. The van der Waals surface area contributed by atoms with Crippen LogP contribution in [0.2, 0.25) is 0 Å². The van der Waals surface area contributed by atoms with Gasteiger partial charge in [-0.3, -0.25) is 0 Å². The molecule has 1 aliphatic rings. The SMILES string of the molecule is COc1ccc2c(c1)[C@H](C)Cc1c(NCc3ccccc3)ncnc1N2C. The first-order valence-electron chi connectivity index (χ1n) is 9.20. The van der Waals surface area contributed by atoms with Gasteiger partial charge in [0.1, 0.15) is 23.7 Å². The zero-order valence-corrected chi connectivity index (χ0v) is 15.9. The van der Waals surface area contributed by atoms with Gasteiger partial charge in [0.05, 0.1) is 7.11 Å². The number of rotatable bonds is 4. The number of ether oxygens (including phenoxy) is 1. The minimum atomic E-state index is 0.335. The normalized spacial score (nSPS) is 15.5. The smallest absolute Gasteiger partial charge is 0.141 e. The quantitative estimate of drug-likeness (QED) is 0.741. The minimum absolute atomic E-state index is 0.335. The van der Waals surface area contributed by atoms with Crippen molar-refractivity contribution in [2.45, 2.75) is 25.8 Å². The van der Waals surface area contributed by atoms with Gasteiger partial charge in [0.2, 0.25) is 0 Å². The van der Waals surface area contributed by atoms with Gasteiger partial charge in [-0.1, -0.05) is 37.3 Å². The van der Waals surface area contributed by atoms with Crippen molar-refractivity contribution in [3.63, 3.8) is 0 Å². The molecule has 4 rings (SSSR count). The van der Waals surface area contributed by atoms with Crippen LogP contribution < -0.4 is 15.0 Å². The minimum Gasteiger partial charge on any atom is -0.497 e. The molecule has 2 heterocycles. The monoisotopic (exact) mass is 360 g/mol. The zero-order chi connectivity index (χ0) is 18.8. The number of benzene rings is 2. The molecule has 0 saturated carbocycles. The highest BCUT2D eigenvalue weighted by Crippen LogP contribution is 2.42. The highest BCUT2D eigenvalue weighted by Gasteiger charge is 2.26. The number of anilines is 3. The highest BCUT2D eigenvalue weighted by atomic mass is 16.5. The number of hydrogen-bond donors (Lipinski definition) is 1. The molecule has 2 aromatic carbocycles. The summed E-state index contributed by atoms with van der Waals surface area (Å²) in [4.78, 5) is 11.3. The fraction of sp³-hybridized carbons (Fsp3) is 0.273. The summed E-state index contributed by atoms with van der Waals surface area (Å²) in [5.41, 5.74) is 4.81. The van der Waals surface area contributed by atoms with E-state index in [1.165, 1.54) is 11.1 Å². The molecule has 1 aliphatic heterocycles. The first-order chi connectivity index (χ1) is 13.2. The van der Waals surface area contributed by atoms with E-state index < -0.39 is 0 Å². The lowest BCUT2D eigenvalue weighted by Crippen LogP contribution is -2.15. The number of methoxy groups -OCH3 is 1. The van der Waals surface area contributed by atoms with Crippen LogP contribution in [0.5, 0.6) is 5.75 Å². The van der Waals surface area contributed by atoms with E-state index in [4.69, 9.17) is 4.74 Å². The average Bonchev–Trinajstić information content (AvgIpc) is 2.82. The van der Waals surface area contributed by atoms with E-state index in [9.17, 15) is 0 Å². The first kappa shape index (κ1) is 17.3. The Hall–Kier alpha value is -3.08. The Balaban J connectivity index is 1.70. The molecule has 0 saturated heterocycles. The Labute approximate surface area is 160 Å². The van der Waals surface area contributed by atoms with Gasteiger partial charge in [0, 0.05) is 24.8 Å². The molecule has 1 aromatic heterocycles. The molecule has 0 bridgehead atoms. The summed E-state index contributed by atoms with van der Waals surface area (Å²) in [7, 11) is 3.77. The van der Waals surface area contributed by atoms with Gasteiger partial charge >= 0.3 is 0 Å². The van der Waals surface area contributed by atoms with Gasteiger partial charge in [-0.2, -0.15) is 0 Å². The van der Waals surface area contributed by atoms with Crippen molar-refractivity contribution >= 4 is 17.3 Å². The lowest BCUT2D eigenvalue weighted by molar-refractivity contribution is 0.414. The van der Waals surface area contributed by atoms with Gasteiger partial charge < -0.3 is 15.0 Å². The van der Waals surface area contributed by atoms with Crippen molar-refractivity contribution in [3.05, 3.63) is 71.5 Å². The van der Waals surface area contributed by atoms with E-state index >= 15 is 0 Å². The Kier molecular flexibility index (Phi) is 4.67. The molecule has 0 spiro atoms. The fourth-order valence-electron chi connectivity index (χ4n) is 3.70. The zero-order valence-electron chi connectivity index (χ0n) is 15.9. The van der Waals surface area contributed by atoms with Crippen LogP contribution in [0.1, 0.15) is 29.5 Å². The van der Waals surface area contributed by atoms with Crippen LogP contribution in [-0.4, -0.2) is 24.1 Å². The maximum absolute atomic E-state index is 5.43. The predicted molar refractivity (Wildman–Crippen MR) is 109 cm³/mol. The third-order valence-electron chi connectivity index (χ3n) is 5.18. The van der Waals surface area contributed by atoms with Crippen LogP contribution in [0.3, 0.4) is 0 Å². The maximum Gasteiger partial charge on any atom is 0.141 e. The van der Waals surface area contributed by atoms with E-state index in [0.29, 0.717) is 5.92 Å². The van der Waals surface area contributed by atoms with Crippen LogP contribution >= 0.6 is 0 Å². The summed E-state index contributed by atoms with van der Waals surface area (Å²) in [6, 6.07) is 16.6. The molecule has 0 fully saturated rings. The van der Waals surface area contributed by atoms with Crippen LogP contribution in [-0.2, 0) is 13.0 Å². The summed E-state index contributed by atoms with van der Waals surface area (Å²) in [6.07, 6.45) is 2.51. The van der Waals surface area contributed by atoms with Crippen LogP contribution in [0.25, 0.3) is 0 Å². The maximum atomic E-state index is 5.43. The average molecular weight is 360 g/mol. The molecule has 5 nitrogen and oxygen atoms in total. The number of hydrogen-bond acceptors (Lipinski definition) is 5. The van der Waals surface area contributed by atoms with Gasteiger partial charge in [-0.05, 0) is 41.7 Å². The van der Waals surface area contributed by atoms with Gasteiger partial charge in [-0.25, -0.2) is 9.97 Å². The molecule has 1 atom stereocenters. The van der Waals surface area contributed by atoms with Crippen molar-refractivity contribution in [2.75, 3.05) is 24.4 Å². The van der Waals surface area contributed by atoms with Crippen LogP contribution in [0.4, 0.5) is 17.3 Å². The molecule has 5 heteroatoms. The van der Waals surface area contributed by atoms with Gasteiger partial charge in [-0.15, -0.1) is 0 Å². The van der Waals surface area contributed by atoms with E-state index in [2.05, 4.69) is 70.6 Å². The standard InChI is InChI=1S/C22H24N4O/c1-15-11-19-21(23-13-16-7-5-4-6-8-16)24-14-25-22(19)26(2)20-10-9-17(27-3)12-18(15)20/h4-10,12,14-15H,11,13H2,1-3H3,(H,23,24,25)/t15-/m1/s1. The number of fused-ring (bicyclic) bond motifs is 2. The van der Waals surface area contributed by atoms with Crippen molar-refractivity contribution in [1.82, 2.24) is 9.97 Å². The van der Waals surface area contributed by atoms with Crippen LogP contribution in [0.15, 0.2) is 54.9 Å². The lowest BCUT2D eigenvalue weighted by atomic mass is 9.94. The third kappa shape index (κ3) is 3.33. The van der Waals surface area contributed by atoms with E-state index in [1.54, 1.807) is 13.4 Å². The lowest BCUT2D eigenvalue weighted by Gasteiger charge is -2.22. The van der Waals surface area contributed by atoms with Crippen molar-refractivity contribution in [1.29, 1.82) is 0 Å². The molecule has 27 heavy (non-hydrogen) atoms. The molecular formula is C22H24N4O. The van der Waals surface area contributed by atoms with E-state index in [-0.39, 0.29) is 0 Å². The predicted octanol–water partition coefficient (Wildman–Crippen LogP) is 4.52. The molecule has 0 unspecified atom stereocenters. The Morgan fingerprint density at radius 3 is 2.74 bits per heavy atom. The molecule has 138 valence electrons. The van der Waals surface area contributed by atoms with Gasteiger partial charge in [0.15, 0.2) is 0 Å². The second kappa shape index (κ2) is 7.27. The second-order valence-electron chi connectivity index (χ2n) is 6.95. The summed E-state index contributed by atoms with van der Waals surface area (Å²) in [5.74, 6) is 3.08. The third-order valence-corrected chi connectivity index (χ3v) is 5.18. The number of nitrogens with zero attached hydrogens (tertiary/aromatic N) is 3. The van der Waals surface area contributed by atoms with Crippen molar-refractivity contribution < 1.29 is 4.74 Å². The molecule has 1 N–H and O–H groups in total. The first-order valence-corrected chi connectivity index (χ1v) is 9.20. The topological polar surface area (TPSA) is 50.3 Å². The summed E-state index contributed by atoms with van der Waals surface area (Å²) < 4.78 is 5.43. The highest BCUT2D eigenvalue weighted by molar-refractivity contribution is 5.72. The largest absolute Gasteiger partial charge is 0.497 e. The molecular weight excluding hydrogens is 336 g/mol. The number of nitrogens with one attached hydrogen (secondary N) is 1. The van der Waals surface area contributed by atoms with E-state index in [1.807, 2.05) is 12.1 Å². The fourth-order valence-corrected chi connectivity index (χ4v) is 3.70. The van der Waals surface area contributed by atoms with Crippen LogP contribution in [0, 0.1) is 0 Å². The van der Waals surface area contributed by atoms with Crippen molar-refractivity contribution in [2.24, 2.45) is 0 Å². The molecule has 3 aromatic rings. The Morgan fingerprint density at radius 1 is 1.15 bits per heavy atom. The number of aromatic nitrogens is 2. The second-order valence-corrected chi connectivity index (χ2v) is 6.95. The molecule has 0 radical (unpaired) electrons. The van der Waals surface area contributed by atoms with Gasteiger partial charge in [0.25, 0.3) is 0 Å². The summed E-state index contributed by atoms with van der Waals surface area (Å²) in [6.45, 7) is 2.98. The Bertz CT molecular complexity index is 942. The molecule has 0 aliphatic carbocycles.